The number of carbonyl (C=O) groups excluding carboxylic acids is 1. The Kier molecular flexibility index (Phi) is 3.80. The lowest BCUT2D eigenvalue weighted by Gasteiger charge is -2.09. The van der Waals surface area contributed by atoms with Gasteiger partial charge in [0.1, 0.15) is 5.52 Å². The number of ketones is 1. The monoisotopic (exact) mass is 308 g/mol. The molecule has 3 rings (SSSR count). The summed E-state index contributed by atoms with van der Waals surface area (Å²) >= 11 is 0. The van der Waals surface area contributed by atoms with E-state index in [0.29, 0.717) is 22.4 Å². The lowest BCUT2D eigenvalue weighted by molar-refractivity contribution is 0.101. The van der Waals surface area contributed by atoms with Gasteiger partial charge in [0.2, 0.25) is 0 Å². The van der Waals surface area contributed by atoms with Crippen molar-refractivity contribution < 1.29 is 9.21 Å². The van der Waals surface area contributed by atoms with Gasteiger partial charge in [-0.2, -0.15) is 4.98 Å². The third-order valence-corrected chi connectivity index (χ3v) is 3.49. The Morgan fingerprint density at radius 1 is 1.26 bits per heavy atom. The fourth-order valence-electron chi connectivity index (χ4n) is 2.41. The van der Waals surface area contributed by atoms with E-state index in [-0.39, 0.29) is 11.8 Å². The third kappa shape index (κ3) is 2.91. The van der Waals surface area contributed by atoms with Crippen LogP contribution in [0, 0.1) is 0 Å². The number of aromatic nitrogens is 1. The molecule has 23 heavy (non-hydrogen) atoms. The Hall–Kier alpha value is -3.15. The Morgan fingerprint density at radius 2 is 2.00 bits per heavy atom. The van der Waals surface area contributed by atoms with Gasteiger partial charge in [-0.05, 0) is 42.3 Å². The molecule has 0 fully saturated rings. The predicted molar refractivity (Wildman–Crippen MR) is 91.9 cm³/mol. The van der Waals surface area contributed by atoms with Crippen molar-refractivity contribution >= 4 is 34.9 Å². The van der Waals surface area contributed by atoms with Crippen molar-refractivity contribution in [3.8, 4) is 11.1 Å². The van der Waals surface area contributed by atoms with Crippen LogP contribution in [0.4, 0.5) is 11.7 Å². The van der Waals surface area contributed by atoms with Crippen LogP contribution in [0.5, 0.6) is 0 Å². The molecule has 1 aromatic heterocycles. The zero-order chi connectivity index (χ0) is 16.4. The number of hydrogen-bond donors (Lipinski definition) is 2. The molecule has 6 nitrogen and oxygen atoms in total. The molecule has 0 aliphatic rings. The Morgan fingerprint density at radius 3 is 2.74 bits per heavy atom. The zero-order valence-corrected chi connectivity index (χ0v) is 12.8. The number of aliphatic imine (C=N–C) groups is 1. The first kappa shape index (κ1) is 14.8. The fraction of sp³-hybridized carbons (Fsp3) is 0.118. The number of nitrogens with zero attached hydrogens (tertiary/aromatic N) is 2. The van der Waals surface area contributed by atoms with Crippen LogP contribution in [-0.4, -0.2) is 24.2 Å². The Labute approximate surface area is 133 Å². The molecule has 0 bridgehead atoms. The summed E-state index contributed by atoms with van der Waals surface area (Å²) in [6, 6.07) is 11.4. The van der Waals surface area contributed by atoms with Crippen LogP contribution in [0.15, 0.2) is 45.8 Å². The van der Waals surface area contributed by atoms with E-state index in [9.17, 15) is 4.79 Å². The molecule has 6 heteroatoms. The number of nitrogens with one attached hydrogen (secondary N) is 1. The largest absolute Gasteiger partial charge is 0.424 e. The van der Waals surface area contributed by atoms with E-state index in [1.807, 2.05) is 30.3 Å². The molecule has 3 N–H and O–H groups in total. The highest BCUT2D eigenvalue weighted by molar-refractivity contribution is 6.02. The van der Waals surface area contributed by atoms with Gasteiger partial charge in [0.05, 0.1) is 12.0 Å². The highest BCUT2D eigenvalue weighted by Crippen LogP contribution is 2.29. The number of carbonyl (C=O) groups is 1. The molecule has 0 saturated heterocycles. The molecule has 2 aromatic carbocycles. The van der Waals surface area contributed by atoms with Crippen molar-refractivity contribution in [2.45, 2.75) is 6.92 Å². The summed E-state index contributed by atoms with van der Waals surface area (Å²) in [5.41, 5.74) is 10.1. The van der Waals surface area contributed by atoms with Crippen LogP contribution in [0.2, 0.25) is 0 Å². The molecule has 0 aliphatic heterocycles. The number of fused-ring (bicyclic) bond motifs is 1. The summed E-state index contributed by atoms with van der Waals surface area (Å²) in [6.07, 6.45) is 1.55. The maximum absolute atomic E-state index is 11.7. The third-order valence-electron chi connectivity index (χ3n) is 3.49. The van der Waals surface area contributed by atoms with Crippen molar-refractivity contribution in [2.24, 2.45) is 4.99 Å². The van der Waals surface area contributed by atoms with Gasteiger partial charge in [-0.15, -0.1) is 0 Å². The lowest BCUT2D eigenvalue weighted by atomic mass is 10.0. The van der Waals surface area contributed by atoms with E-state index in [2.05, 4.69) is 15.3 Å². The maximum Gasteiger partial charge on any atom is 0.292 e. The predicted octanol–water partition coefficient (Wildman–Crippen LogP) is 3.35. The minimum atomic E-state index is -0.0109. The first-order valence-corrected chi connectivity index (χ1v) is 7.07. The standard InChI is InChI=1S/C17H16N4O2/c1-10(22)13-5-3-11(7-14(13)20-9-19-2)12-4-6-16-15(8-12)21-17(18)23-16/h3-9H,1-2H3,(H2,18,21)(H,19,20). The molecule has 0 spiro atoms. The van der Waals surface area contributed by atoms with Crippen molar-refractivity contribution in [2.75, 3.05) is 18.1 Å². The highest BCUT2D eigenvalue weighted by Gasteiger charge is 2.10. The number of rotatable bonds is 4. The number of Topliss-reactive ketones (excluding diaryl/α,β-unsaturated/α-hetero) is 1. The first-order valence-electron chi connectivity index (χ1n) is 7.07. The van der Waals surface area contributed by atoms with Gasteiger partial charge in [-0.1, -0.05) is 12.1 Å². The topological polar surface area (TPSA) is 93.5 Å². The number of anilines is 2. The fourth-order valence-corrected chi connectivity index (χ4v) is 2.41. The maximum atomic E-state index is 11.7. The molecule has 3 aromatic rings. The van der Waals surface area contributed by atoms with Gasteiger partial charge in [-0.25, -0.2) is 0 Å². The summed E-state index contributed by atoms with van der Waals surface area (Å²) in [6.45, 7) is 1.54. The normalized spacial score (nSPS) is 11.2. The molecule has 0 saturated carbocycles. The summed E-state index contributed by atoms with van der Waals surface area (Å²) in [5, 5.41) is 3.03. The molecule has 0 radical (unpaired) electrons. The van der Waals surface area contributed by atoms with E-state index in [1.54, 1.807) is 19.5 Å². The number of oxazole rings is 1. The molecule has 1 heterocycles. The van der Waals surface area contributed by atoms with Crippen molar-refractivity contribution in [1.82, 2.24) is 4.98 Å². The summed E-state index contributed by atoms with van der Waals surface area (Å²) < 4.78 is 5.28. The van der Waals surface area contributed by atoms with Crippen LogP contribution in [0.25, 0.3) is 22.2 Å². The second-order valence-corrected chi connectivity index (χ2v) is 5.08. The number of hydrogen-bond acceptors (Lipinski definition) is 5. The SMILES string of the molecule is CN=CNc1cc(-c2ccc3oc(N)nc3c2)ccc1C(C)=O. The average Bonchev–Trinajstić information content (AvgIpc) is 2.91. The smallest absolute Gasteiger partial charge is 0.292 e. The van der Waals surface area contributed by atoms with Gasteiger partial charge in [0.25, 0.3) is 6.01 Å². The van der Waals surface area contributed by atoms with Gasteiger partial charge in [0, 0.05) is 12.6 Å². The van der Waals surface area contributed by atoms with Gasteiger partial charge < -0.3 is 15.5 Å². The van der Waals surface area contributed by atoms with E-state index in [1.165, 1.54) is 6.92 Å². The molecular formula is C17H16N4O2. The molecule has 0 amide bonds. The quantitative estimate of drug-likeness (QED) is 0.438. The first-order chi connectivity index (χ1) is 11.1. The minimum absolute atomic E-state index is 0.0109. The summed E-state index contributed by atoms with van der Waals surface area (Å²) in [5.74, 6) is -0.0109. The molecule has 0 aliphatic carbocycles. The van der Waals surface area contributed by atoms with Gasteiger partial charge >= 0.3 is 0 Å². The summed E-state index contributed by atoms with van der Waals surface area (Å²) in [7, 11) is 1.66. The van der Waals surface area contributed by atoms with E-state index < -0.39 is 0 Å². The highest BCUT2D eigenvalue weighted by atomic mass is 16.4. The summed E-state index contributed by atoms with van der Waals surface area (Å²) in [4.78, 5) is 19.8. The molecule has 116 valence electrons. The second-order valence-electron chi connectivity index (χ2n) is 5.08. The number of benzene rings is 2. The Balaban J connectivity index is 2.08. The van der Waals surface area contributed by atoms with Crippen LogP contribution in [0.1, 0.15) is 17.3 Å². The number of nitrogen functional groups attached to an aromatic ring is 1. The van der Waals surface area contributed by atoms with Crippen LogP contribution >= 0.6 is 0 Å². The van der Waals surface area contributed by atoms with E-state index in [0.717, 1.165) is 11.1 Å². The number of nitrogens with two attached hydrogens (primary N) is 1. The average molecular weight is 308 g/mol. The van der Waals surface area contributed by atoms with Crippen molar-refractivity contribution in [3.05, 3.63) is 42.0 Å². The lowest BCUT2D eigenvalue weighted by Crippen LogP contribution is -2.03. The molecule has 0 atom stereocenters. The van der Waals surface area contributed by atoms with Gasteiger partial charge in [-0.3, -0.25) is 9.79 Å². The van der Waals surface area contributed by atoms with E-state index in [4.69, 9.17) is 10.2 Å². The van der Waals surface area contributed by atoms with Crippen LogP contribution in [0.3, 0.4) is 0 Å². The molecular weight excluding hydrogens is 292 g/mol. The Bertz CT molecular complexity index is 912. The van der Waals surface area contributed by atoms with Crippen LogP contribution < -0.4 is 11.1 Å². The second kappa shape index (κ2) is 5.92. The van der Waals surface area contributed by atoms with Gasteiger partial charge in [0.15, 0.2) is 11.4 Å². The van der Waals surface area contributed by atoms with Crippen molar-refractivity contribution in [3.63, 3.8) is 0 Å². The van der Waals surface area contributed by atoms with E-state index >= 15 is 0 Å². The zero-order valence-electron chi connectivity index (χ0n) is 12.8. The van der Waals surface area contributed by atoms with Crippen molar-refractivity contribution in [1.29, 1.82) is 0 Å². The minimum Gasteiger partial charge on any atom is -0.424 e. The molecule has 0 unspecified atom stereocenters. The van der Waals surface area contributed by atoms with Crippen LogP contribution in [-0.2, 0) is 0 Å².